The van der Waals surface area contributed by atoms with Gasteiger partial charge in [0.2, 0.25) is 0 Å². The molecule has 76 valence electrons. The SMILES string of the molecule is Cc1ccc(-n2ccccc2=O)cc1F. The van der Waals surface area contributed by atoms with E-state index < -0.39 is 0 Å². The lowest BCUT2D eigenvalue weighted by molar-refractivity contribution is 0.617. The Labute approximate surface area is 86.6 Å². The van der Waals surface area contributed by atoms with Crippen LogP contribution in [0.25, 0.3) is 5.69 Å². The molecule has 3 heteroatoms. The highest BCUT2D eigenvalue weighted by Crippen LogP contribution is 2.11. The first kappa shape index (κ1) is 9.65. The molecule has 2 aromatic rings. The third-order valence-corrected chi connectivity index (χ3v) is 2.26. The van der Waals surface area contributed by atoms with Gasteiger partial charge in [0.1, 0.15) is 5.82 Å². The van der Waals surface area contributed by atoms with Crippen molar-refractivity contribution >= 4 is 0 Å². The molecule has 0 radical (unpaired) electrons. The number of aryl methyl sites for hydroxylation is 1. The van der Waals surface area contributed by atoms with Gasteiger partial charge in [-0.15, -0.1) is 0 Å². The quantitative estimate of drug-likeness (QED) is 0.697. The van der Waals surface area contributed by atoms with E-state index in [1.807, 2.05) is 0 Å². The molecule has 0 saturated heterocycles. The van der Waals surface area contributed by atoms with Crippen molar-refractivity contribution in [3.8, 4) is 5.69 Å². The van der Waals surface area contributed by atoms with Crippen LogP contribution in [0, 0.1) is 12.7 Å². The first-order valence-corrected chi connectivity index (χ1v) is 4.63. The maximum atomic E-state index is 13.3. The third-order valence-electron chi connectivity index (χ3n) is 2.26. The van der Waals surface area contributed by atoms with E-state index in [0.29, 0.717) is 11.3 Å². The Morgan fingerprint density at radius 1 is 1.20 bits per heavy atom. The lowest BCUT2D eigenvalue weighted by Crippen LogP contribution is -2.15. The molecule has 2 rings (SSSR count). The van der Waals surface area contributed by atoms with Gasteiger partial charge >= 0.3 is 0 Å². The average molecular weight is 203 g/mol. The van der Waals surface area contributed by atoms with Crippen molar-refractivity contribution in [2.24, 2.45) is 0 Å². The largest absolute Gasteiger partial charge is 0.284 e. The van der Waals surface area contributed by atoms with Gasteiger partial charge in [0.05, 0.1) is 5.69 Å². The molecule has 0 aliphatic carbocycles. The van der Waals surface area contributed by atoms with E-state index in [9.17, 15) is 9.18 Å². The van der Waals surface area contributed by atoms with Crippen LogP contribution in [-0.2, 0) is 0 Å². The minimum absolute atomic E-state index is 0.166. The zero-order valence-electron chi connectivity index (χ0n) is 8.27. The molecule has 0 fully saturated rings. The highest BCUT2D eigenvalue weighted by atomic mass is 19.1. The summed E-state index contributed by atoms with van der Waals surface area (Å²) in [5, 5.41) is 0. The Morgan fingerprint density at radius 3 is 2.67 bits per heavy atom. The van der Waals surface area contributed by atoms with Crippen molar-refractivity contribution in [1.82, 2.24) is 4.57 Å². The van der Waals surface area contributed by atoms with E-state index in [1.54, 1.807) is 37.4 Å². The molecule has 0 atom stereocenters. The summed E-state index contributed by atoms with van der Waals surface area (Å²) >= 11 is 0. The highest BCUT2D eigenvalue weighted by molar-refractivity contribution is 5.35. The highest BCUT2D eigenvalue weighted by Gasteiger charge is 2.01. The molecule has 0 aliphatic rings. The number of pyridine rings is 1. The van der Waals surface area contributed by atoms with Gasteiger partial charge in [0, 0.05) is 12.3 Å². The summed E-state index contributed by atoms with van der Waals surface area (Å²) in [5.74, 6) is -0.303. The van der Waals surface area contributed by atoms with Gasteiger partial charge in [-0.05, 0) is 30.7 Å². The third kappa shape index (κ3) is 1.81. The lowest BCUT2D eigenvalue weighted by atomic mass is 10.2. The predicted octanol–water partition coefficient (Wildman–Crippen LogP) is 2.29. The summed E-state index contributed by atoms with van der Waals surface area (Å²) in [6.45, 7) is 1.69. The fourth-order valence-corrected chi connectivity index (χ4v) is 1.37. The number of halogens is 1. The molecule has 0 N–H and O–H groups in total. The summed E-state index contributed by atoms with van der Waals surface area (Å²) in [7, 11) is 0. The Kier molecular flexibility index (Phi) is 2.37. The van der Waals surface area contributed by atoms with Crippen molar-refractivity contribution in [2.75, 3.05) is 0 Å². The van der Waals surface area contributed by atoms with E-state index in [0.717, 1.165) is 0 Å². The van der Waals surface area contributed by atoms with Crippen LogP contribution in [0.15, 0.2) is 47.4 Å². The minimum Gasteiger partial charge on any atom is -0.284 e. The second-order valence-electron chi connectivity index (χ2n) is 3.34. The number of hydrogen-bond donors (Lipinski definition) is 0. The molecular formula is C12H10FNO. The maximum absolute atomic E-state index is 13.3. The molecule has 0 unspecified atom stereocenters. The number of nitrogens with zero attached hydrogens (tertiary/aromatic N) is 1. The summed E-state index contributed by atoms with van der Waals surface area (Å²) in [6, 6.07) is 9.57. The molecule has 1 aromatic heterocycles. The molecule has 1 heterocycles. The molecule has 1 aromatic carbocycles. The van der Waals surface area contributed by atoms with Crippen molar-refractivity contribution in [3.63, 3.8) is 0 Å². The Hall–Kier alpha value is -1.90. The van der Waals surface area contributed by atoms with Crippen LogP contribution in [0.4, 0.5) is 4.39 Å². The average Bonchev–Trinajstić information content (AvgIpc) is 2.23. The Balaban J connectivity index is 2.60. The van der Waals surface area contributed by atoms with Gasteiger partial charge in [0.25, 0.3) is 5.56 Å². The first-order valence-electron chi connectivity index (χ1n) is 4.63. The van der Waals surface area contributed by atoms with Gasteiger partial charge in [-0.25, -0.2) is 4.39 Å². The second kappa shape index (κ2) is 3.69. The number of hydrogen-bond acceptors (Lipinski definition) is 1. The van der Waals surface area contributed by atoms with Crippen molar-refractivity contribution in [2.45, 2.75) is 6.92 Å². The van der Waals surface area contributed by atoms with Crippen LogP contribution >= 0.6 is 0 Å². The van der Waals surface area contributed by atoms with Crippen molar-refractivity contribution in [3.05, 3.63) is 64.3 Å². The van der Waals surface area contributed by atoms with Gasteiger partial charge in [-0.2, -0.15) is 0 Å². The topological polar surface area (TPSA) is 22.0 Å². The zero-order valence-corrected chi connectivity index (χ0v) is 8.27. The van der Waals surface area contributed by atoms with Gasteiger partial charge in [0.15, 0.2) is 0 Å². The molecule has 0 amide bonds. The van der Waals surface area contributed by atoms with Crippen LogP contribution in [0.1, 0.15) is 5.56 Å². The van der Waals surface area contributed by atoms with Crippen LogP contribution in [0.3, 0.4) is 0 Å². The first-order chi connectivity index (χ1) is 7.18. The van der Waals surface area contributed by atoms with Crippen molar-refractivity contribution < 1.29 is 4.39 Å². The molecule has 0 saturated carbocycles. The second-order valence-corrected chi connectivity index (χ2v) is 3.34. The smallest absolute Gasteiger partial charge is 0.255 e. The number of aromatic nitrogens is 1. The maximum Gasteiger partial charge on any atom is 0.255 e. The van der Waals surface area contributed by atoms with E-state index >= 15 is 0 Å². The van der Waals surface area contributed by atoms with Gasteiger partial charge in [-0.1, -0.05) is 12.1 Å². The van der Waals surface area contributed by atoms with Gasteiger partial charge in [-0.3, -0.25) is 9.36 Å². The van der Waals surface area contributed by atoms with Gasteiger partial charge < -0.3 is 0 Å². The van der Waals surface area contributed by atoms with Crippen LogP contribution in [0.2, 0.25) is 0 Å². The van der Waals surface area contributed by atoms with Crippen LogP contribution in [-0.4, -0.2) is 4.57 Å². The molecule has 2 nitrogen and oxygen atoms in total. The molecule has 0 bridgehead atoms. The Morgan fingerprint density at radius 2 is 2.00 bits per heavy atom. The molecule has 15 heavy (non-hydrogen) atoms. The zero-order chi connectivity index (χ0) is 10.8. The van der Waals surface area contributed by atoms with E-state index in [4.69, 9.17) is 0 Å². The molecule has 0 aliphatic heterocycles. The van der Waals surface area contributed by atoms with Crippen LogP contribution in [0.5, 0.6) is 0 Å². The predicted molar refractivity (Wildman–Crippen MR) is 56.7 cm³/mol. The monoisotopic (exact) mass is 203 g/mol. The van der Waals surface area contributed by atoms with Crippen molar-refractivity contribution in [1.29, 1.82) is 0 Å². The number of benzene rings is 1. The van der Waals surface area contributed by atoms with E-state index in [1.165, 1.54) is 16.7 Å². The lowest BCUT2D eigenvalue weighted by Gasteiger charge is -2.05. The summed E-state index contributed by atoms with van der Waals surface area (Å²) in [6.07, 6.45) is 1.62. The van der Waals surface area contributed by atoms with Crippen LogP contribution < -0.4 is 5.56 Å². The fraction of sp³-hybridized carbons (Fsp3) is 0.0833. The minimum atomic E-state index is -0.303. The molecular weight excluding hydrogens is 193 g/mol. The Bertz CT molecular complexity index is 545. The summed E-state index contributed by atoms with van der Waals surface area (Å²) < 4.78 is 14.7. The summed E-state index contributed by atoms with van der Waals surface area (Å²) in [5.41, 5.74) is 0.951. The normalized spacial score (nSPS) is 10.3. The fourth-order valence-electron chi connectivity index (χ4n) is 1.37. The summed E-state index contributed by atoms with van der Waals surface area (Å²) in [4.78, 5) is 11.5. The standard InChI is InChI=1S/C12H10FNO/c1-9-5-6-10(8-11(9)13)14-7-3-2-4-12(14)15/h2-8H,1H3. The van der Waals surface area contributed by atoms with E-state index in [2.05, 4.69) is 0 Å². The molecule has 0 spiro atoms. The van der Waals surface area contributed by atoms with E-state index in [-0.39, 0.29) is 11.4 Å². The number of rotatable bonds is 1.